The average molecular weight is 284 g/mol. The Morgan fingerprint density at radius 1 is 1.38 bits per heavy atom. The van der Waals surface area contributed by atoms with Crippen molar-refractivity contribution in [3.05, 3.63) is 23.3 Å². The van der Waals surface area contributed by atoms with E-state index in [1.54, 1.807) is 6.07 Å². The van der Waals surface area contributed by atoms with Gasteiger partial charge < -0.3 is 10.4 Å². The largest absolute Gasteiger partial charge is 0.508 e. The predicted octanol–water partition coefficient (Wildman–Crippen LogP) is 2.60. The van der Waals surface area contributed by atoms with Crippen molar-refractivity contribution in [2.45, 2.75) is 25.7 Å². The zero-order chi connectivity index (χ0) is 11.5. The van der Waals surface area contributed by atoms with Crippen LogP contribution in [0.4, 0.5) is 5.69 Å². The maximum Gasteiger partial charge on any atom is 0.224 e. The fourth-order valence-electron chi connectivity index (χ4n) is 1.92. The van der Waals surface area contributed by atoms with Crippen molar-refractivity contribution < 1.29 is 9.90 Å². The number of hydrogen-bond donors (Lipinski definition) is 2. The van der Waals surface area contributed by atoms with E-state index in [0.29, 0.717) is 18.6 Å². The maximum absolute atomic E-state index is 11.3. The molecule has 0 fully saturated rings. The van der Waals surface area contributed by atoms with Gasteiger partial charge in [0.1, 0.15) is 5.75 Å². The van der Waals surface area contributed by atoms with Crippen LogP contribution in [0.3, 0.4) is 0 Å². The van der Waals surface area contributed by atoms with Crippen molar-refractivity contribution in [1.29, 1.82) is 0 Å². The normalized spacial score (nSPS) is 14.4. The summed E-state index contributed by atoms with van der Waals surface area (Å²) >= 11 is 3.36. The molecular formula is C12H14BrNO2. The lowest BCUT2D eigenvalue weighted by molar-refractivity contribution is -0.116. The van der Waals surface area contributed by atoms with Crippen LogP contribution >= 0.6 is 15.9 Å². The molecule has 2 N–H and O–H groups in total. The van der Waals surface area contributed by atoms with Gasteiger partial charge >= 0.3 is 0 Å². The minimum Gasteiger partial charge on any atom is -0.508 e. The van der Waals surface area contributed by atoms with Crippen LogP contribution in [0.15, 0.2) is 12.1 Å². The summed E-state index contributed by atoms with van der Waals surface area (Å²) in [5.41, 5.74) is 2.79. The molecular weight excluding hydrogens is 270 g/mol. The van der Waals surface area contributed by atoms with Gasteiger partial charge in [-0.3, -0.25) is 4.79 Å². The van der Waals surface area contributed by atoms with Crippen molar-refractivity contribution in [3.8, 4) is 5.75 Å². The molecule has 4 heteroatoms. The SMILES string of the molecule is O=C1CCc2cc(O)c(CCCBr)cc2N1. The van der Waals surface area contributed by atoms with Crippen LogP contribution in [0.2, 0.25) is 0 Å². The number of nitrogens with one attached hydrogen (secondary N) is 1. The summed E-state index contributed by atoms with van der Waals surface area (Å²) in [5.74, 6) is 0.403. The Balaban J connectivity index is 2.27. The van der Waals surface area contributed by atoms with Crippen LogP contribution in [-0.2, 0) is 17.6 Å². The van der Waals surface area contributed by atoms with Gasteiger partial charge in [0.2, 0.25) is 5.91 Å². The summed E-state index contributed by atoms with van der Waals surface area (Å²) in [6.07, 6.45) is 3.02. The zero-order valence-electron chi connectivity index (χ0n) is 8.92. The van der Waals surface area contributed by atoms with E-state index in [0.717, 1.165) is 35.0 Å². The average Bonchev–Trinajstić information content (AvgIpc) is 2.27. The number of fused-ring (bicyclic) bond motifs is 1. The fraction of sp³-hybridized carbons (Fsp3) is 0.417. The smallest absolute Gasteiger partial charge is 0.224 e. The number of aromatic hydroxyl groups is 1. The molecule has 0 spiro atoms. The molecule has 0 radical (unpaired) electrons. The quantitative estimate of drug-likeness (QED) is 0.662. The van der Waals surface area contributed by atoms with E-state index >= 15 is 0 Å². The van der Waals surface area contributed by atoms with Crippen molar-refractivity contribution in [2.24, 2.45) is 0 Å². The van der Waals surface area contributed by atoms with Crippen molar-refractivity contribution in [2.75, 3.05) is 10.6 Å². The molecule has 0 bridgehead atoms. The first-order valence-corrected chi connectivity index (χ1v) is 6.53. The van der Waals surface area contributed by atoms with Gasteiger partial charge in [0.15, 0.2) is 0 Å². The summed E-state index contributed by atoms with van der Waals surface area (Å²) in [5, 5.41) is 13.6. The van der Waals surface area contributed by atoms with Crippen molar-refractivity contribution in [1.82, 2.24) is 0 Å². The summed E-state index contributed by atoms with van der Waals surface area (Å²) < 4.78 is 0. The summed E-state index contributed by atoms with van der Waals surface area (Å²) in [6.45, 7) is 0. The molecule has 16 heavy (non-hydrogen) atoms. The highest BCUT2D eigenvalue weighted by atomic mass is 79.9. The first-order valence-electron chi connectivity index (χ1n) is 5.41. The molecule has 1 aromatic carbocycles. The molecule has 0 aliphatic carbocycles. The number of carbonyl (C=O) groups excluding carboxylic acids is 1. The Kier molecular flexibility index (Phi) is 3.49. The monoisotopic (exact) mass is 283 g/mol. The Morgan fingerprint density at radius 2 is 2.19 bits per heavy atom. The topological polar surface area (TPSA) is 49.3 Å². The van der Waals surface area contributed by atoms with E-state index in [4.69, 9.17) is 0 Å². The van der Waals surface area contributed by atoms with Crippen LogP contribution < -0.4 is 5.32 Å². The molecule has 1 aliphatic heterocycles. The van der Waals surface area contributed by atoms with Crippen molar-refractivity contribution in [3.63, 3.8) is 0 Å². The Bertz CT molecular complexity index is 418. The van der Waals surface area contributed by atoms with Gasteiger partial charge in [0.05, 0.1) is 0 Å². The minimum atomic E-state index is 0.0598. The van der Waals surface area contributed by atoms with Gasteiger partial charge in [-0.1, -0.05) is 15.9 Å². The Labute approximate surface area is 103 Å². The standard InChI is InChI=1S/C12H14BrNO2/c13-5-1-2-9-6-10-8(7-11(9)15)3-4-12(16)14-10/h6-7,15H,1-5H2,(H,14,16). The number of alkyl halides is 1. The van der Waals surface area contributed by atoms with E-state index in [1.807, 2.05) is 6.07 Å². The summed E-state index contributed by atoms with van der Waals surface area (Å²) in [6, 6.07) is 3.67. The van der Waals surface area contributed by atoms with Crippen LogP contribution in [0.1, 0.15) is 24.0 Å². The number of amides is 1. The second kappa shape index (κ2) is 4.87. The molecule has 86 valence electrons. The van der Waals surface area contributed by atoms with Gasteiger partial charge in [0.25, 0.3) is 0 Å². The van der Waals surface area contributed by atoms with Crippen LogP contribution in [-0.4, -0.2) is 16.3 Å². The molecule has 1 heterocycles. The van der Waals surface area contributed by atoms with E-state index in [9.17, 15) is 9.90 Å². The van der Waals surface area contributed by atoms with E-state index in [1.165, 1.54) is 0 Å². The summed E-state index contributed by atoms with van der Waals surface area (Å²) in [7, 11) is 0. The molecule has 3 nitrogen and oxygen atoms in total. The third kappa shape index (κ3) is 2.38. The number of benzene rings is 1. The van der Waals surface area contributed by atoms with Crippen molar-refractivity contribution >= 4 is 27.5 Å². The molecule has 0 aromatic heterocycles. The molecule has 1 aromatic rings. The predicted molar refractivity (Wildman–Crippen MR) is 67.2 cm³/mol. The molecule has 1 aliphatic rings. The molecule has 1 amide bonds. The van der Waals surface area contributed by atoms with Crippen LogP contribution in [0, 0.1) is 0 Å². The van der Waals surface area contributed by atoms with E-state index in [2.05, 4.69) is 21.2 Å². The first-order chi connectivity index (χ1) is 7.70. The maximum atomic E-state index is 11.3. The number of phenols is 1. The lowest BCUT2D eigenvalue weighted by atomic mass is 9.98. The van der Waals surface area contributed by atoms with Crippen LogP contribution in [0.25, 0.3) is 0 Å². The molecule has 0 unspecified atom stereocenters. The molecule has 2 rings (SSSR count). The van der Waals surface area contributed by atoms with E-state index < -0.39 is 0 Å². The number of anilines is 1. The molecule has 0 atom stereocenters. The fourth-order valence-corrected chi connectivity index (χ4v) is 2.20. The Hall–Kier alpha value is -1.03. The lowest BCUT2D eigenvalue weighted by Gasteiger charge is -2.18. The van der Waals surface area contributed by atoms with E-state index in [-0.39, 0.29) is 5.91 Å². The van der Waals surface area contributed by atoms with Gasteiger partial charge in [0, 0.05) is 17.4 Å². The number of phenolic OH excluding ortho intramolecular Hbond substituents is 1. The highest BCUT2D eigenvalue weighted by Gasteiger charge is 2.16. The van der Waals surface area contributed by atoms with Gasteiger partial charge in [-0.2, -0.15) is 0 Å². The second-order valence-electron chi connectivity index (χ2n) is 3.98. The third-order valence-electron chi connectivity index (χ3n) is 2.78. The number of rotatable bonds is 3. The lowest BCUT2D eigenvalue weighted by Crippen LogP contribution is -2.19. The first kappa shape index (κ1) is 11.5. The zero-order valence-corrected chi connectivity index (χ0v) is 10.5. The Morgan fingerprint density at radius 3 is 2.94 bits per heavy atom. The number of aryl methyl sites for hydroxylation is 2. The minimum absolute atomic E-state index is 0.0598. The molecule has 0 saturated carbocycles. The second-order valence-corrected chi connectivity index (χ2v) is 4.77. The van der Waals surface area contributed by atoms with Gasteiger partial charge in [-0.05, 0) is 42.5 Å². The third-order valence-corrected chi connectivity index (χ3v) is 3.34. The van der Waals surface area contributed by atoms with Gasteiger partial charge in [-0.25, -0.2) is 0 Å². The summed E-state index contributed by atoms with van der Waals surface area (Å²) in [4.78, 5) is 11.3. The van der Waals surface area contributed by atoms with Gasteiger partial charge in [-0.15, -0.1) is 0 Å². The number of halogens is 1. The number of hydrogen-bond acceptors (Lipinski definition) is 2. The van der Waals surface area contributed by atoms with Crippen LogP contribution in [0.5, 0.6) is 5.75 Å². The highest BCUT2D eigenvalue weighted by molar-refractivity contribution is 9.09. The molecule has 0 saturated heterocycles. The number of carbonyl (C=O) groups is 1. The highest BCUT2D eigenvalue weighted by Crippen LogP contribution is 2.30.